The van der Waals surface area contributed by atoms with E-state index in [4.69, 9.17) is 11.2 Å². The van der Waals surface area contributed by atoms with Crippen LogP contribution in [0.3, 0.4) is 0 Å². The SMILES string of the molecule is C#CCCNC[C@H]1O[C@H](C)[C@H](C)[C@@H](C)C1C. The Bertz CT molecular complexity index is 246. The molecule has 1 saturated heterocycles. The molecule has 0 radical (unpaired) electrons. The smallest absolute Gasteiger partial charge is 0.0731 e. The maximum Gasteiger partial charge on any atom is 0.0731 e. The van der Waals surface area contributed by atoms with Crippen LogP contribution >= 0.6 is 0 Å². The molecule has 92 valence electrons. The van der Waals surface area contributed by atoms with E-state index < -0.39 is 0 Å². The van der Waals surface area contributed by atoms with Crippen LogP contribution < -0.4 is 5.32 Å². The lowest BCUT2D eigenvalue weighted by Crippen LogP contribution is -2.47. The summed E-state index contributed by atoms with van der Waals surface area (Å²) in [4.78, 5) is 0. The van der Waals surface area contributed by atoms with E-state index in [0.717, 1.165) is 25.4 Å². The van der Waals surface area contributed by atoms with Gasteiger partial charge in [-0.15, -0.1) is 12.3 Å². The predicted molar refractivity (Wildman–Crippen MR) is 68.1 cm³/mol. The highest BCUT2D eigenvalue weighted by Gasteiger charge is 2.36. The normalized spacial score (nSPS) is 39.3. The van der Waals surface area contributed by atoms with Crippen LogP contribution in [0.4, 0.5) is 0 Å². The zero-order valence-electron chi connectivity index (χ0n) is 11.0. The molecule has 1 fully saturated rings. The fraction of sp³-hybridized carbons (Fsp3) is 0.857. The Hall–Kier alpha value is -0.520. The van der Waals surface area contributed by atoms with E-state index in [2.05, 4.69) is 38.9 Å². The summed E-state index contributed by atoms with van der Waals surface area (Å²) in [6, 6.07) is 0. The first-order valence-corrected chi connectivity index (χ1v) is 6.37. The molecule has 16 heavy (non-hydrogen) atoms. The lowest BCUT2D eigenvalue weighted by molar-refractivity contribution is -0.122. The van der Waals surface area contributed by atoms with Gasteiger partial charge in [-0.2, -0.15) is 0 Å². The highest BCUT2D eigenvalue weighted by molar-refractivity contribution is 4.87. The number of hydrogen-bond donors (Lipinski definition) is 1. The first-order valence-electron chi connectivity index (χ1n) is 6.37. The highest BCUT2D eigenvalue weighted by atomic mass is 16.5. The third-order valence-electron chi connectivity index (χ3n) is 4.17. The summed E-state index contributed by atoms with van der Waals surface area (Å²) in [6.45, 7) is 10.9. The van der Waals surface area contributed by atoms with Crippen molar-refractivity contribution in [2.75, 3.05) is 13.1 Å². The fourth-order valence-electron chi connectivity index (χ4n) is 2.41. The number of terminal acetylenes is 1. The Kier molecular flexibility index (Phi) is 5.31. The fourth-order valence-corrected chi connectivity index (χ4v) is 2.41. The molecule has 1 N–H and O–H groups in total. The molecular weight excluding hydrogens is 198 g/mol. The monoisotopic (exact) mass is 223 g/mol. The maximum absolute atomic E-state index is 6.05. The minimum Gasteiger partial charge on any atom is -0.373 e. The van der Waals surface area contributed by atoms with E-state index in [1.54, 1.807) is 0 Å². The van der Waals surface area contributed by atoms with Gasteiger partial charge in [0.05, 0.1) is 12.2 Å². The molecule has 5 atom stereocenters. The Morgan fingerprint density at radius 1 is 1.12 bits per heavy atom. The van der Waals surface area contributed by atoms with Crippen molar-refractivity contribution in [2.24, 2.45) is 17.8 Å². The lowest BCUT2D eigenvalue weighted by atomic mass is 9.77. The minimum absolute atomic E-state index is 0.332. The second-order valence-corrected chi connectivity index (χ2v) is 5.12. The van der Waals surface area contributed by atoms with Crippen molar-refractivity contribution in [1.82, 2.24) is 5.32 Å². The molecule has 0 aromatic rings. The van der Waals surface area contributed by atoms with Gasteiger partial charge in [-0.25, -0.2) is 0 Å². The van der Waals surface area contributed by atoms with Crippen LogP contribution in [-0.2, 0) is 4.74 Å². The molecule has 2 heteroatoms. The van der Waals surface area contributed by atoms with Crippen molar-refractivity contribution in [3.05, 3.63) is 0 Å². The summed E-state index contributed by atoms with van der Waals surface area (Å²) in [6.07, 6.45) is 6.71. The van der Waals surface area contributed by atoms with Crippen molar-refractivity contribution >= 4 is 0 Å². The van der Waals surface area contributed by atoms with Gasteiger partial charge in [0.1, 0.15) is 0 Å². The van der Waals surface area contributed by atoms with Crippen LogP contribution in [0.5, 0.6) is 0 Å². The summed E-state index contributed by atoms with van der Waals surface area (Å²) in [7, 11) is 0. The van der Waals surface area contributed by atoms with Crippen molar-refractivity contribution in [3.63, 3.8) is 0 Å². The minimum atomic E-state index is 0.332. The van der Waals surface area contributed by atoms with Crippen LogP contribution in [0.1, 0.15) is 34.1 Å². The van der Waals surface area contributed by atoms with E-state index in [1.807, 2.05) is 0 Å². The van der Waals surface area contributed by atoms with Crippen LogP contribution in [-0.4, -0.2) is 25.3 Å². The van der Waals surface area contributed by atoms with Crippen molar-refractivity contribution in [3.8, 4) is 12.3 Å². The van der Waals surface area contributed by atoms with Gasteiger partial charge < -0.3 is 10.1 Å². The van der Waals surface area contributed by atoms with Crippen LogP contribution in [0.2, 0.25) is 0 Å². The van der Waals surface area contributed by atoms with Crippen molar-refractivity contribution < 1.29 is 4.74 Å². The molecule has 1 heterocycles. The molecule has 1 rings (SSSR count). The molecule has 1 aliphatic heterocycles. The molecule has 2 nitrogen and oxygen atoms in total. The summed E-state index contributed by atoms with van der Waals surface area (Å²) in [5, 5.41) is 3.37. The van der Waals surface area contributed by atoms with Gasteiger partial charge in [0.15, 0.2) is 0 Å². The summed E-state index contributed by atoms with van der Waals surface area (Å²) in [5.74, 6) is 4.63. The van der Waals surface area contributed by atoms with Crippen molar-refractivity contribution in [1.29, 1.82) is 0 Å². The van der Waals surface area contributed by atoms with E-state index in [0.29, 0.717) is 24.0 Å². The average molecular weight is 223 g/mol. The van der Waals surface area contributed by atoms with Gasteiger partial charge in [0.25, 0.3) is 0 Å². The summed E-state index contributed by atoms with van der Waals surface area (Å²) >= 11 is 0. The van der Waals surface area contributed by atoms with Gasteiger partial charge >= 0.3 is 0 Å². The number of ether oxygens (including phenoxy) is 1. The van der Waals surface area contributed by atoms with E-state index in [-0.39, 0.29) is 0 Å². The molecule has 0 aromatic carbocycles. The predicted octanol–water partition coefficient (Wildman–Crippen LogP) is 2.29. The molecule has 0 aliphatic carbocycles. The highest BCUT2D eigenvalue weighted by Crippen LogP contribution is 2.34. The van der Waals surface area contributed by atoms with Crippen LogP contribution in [0.25, 0.3) is 0 Å². The molecule has 1 unspecified atom stereocenters. The van der Waals surface area contributed by atoms with Gasteiger partial charge in [-0.3, -0.25) is 0 Å². The Morgan fingerprint density at radius 3 is 2.44 bits per heavy atom. The Labute approximate surface area is 100 Å². The van der Waals surface area contributed by atoms with Crippen molar-refractivity contribution in [2.45, 2.75) is 46.3 Å². The number of nitrogens with one attached hydrogen (secondary N) is 1. The second kappa shape index (κ2) is 6.27. The van der Waals surface area contributed by atoms with Gasteiger partial charge in [0.2, 0.25) is 0 Å². The van der Waals surface area contributed by atoms with E-state index in [1.165, 1.54) is 0 Å². The zero-order chi connectivity index (χ0) is 12.1. The van der Waals surface area contributed by atoms with E-state index >= 15 is 0 Å². The van der Waals surface area contributed by atoms with Crippen LogP contribution in [0.15, 0.2) is 0 Å². The Balaban J connectivity index is 2.39. The largest absolute Gasteiger partial charge is 0.373 e. The van der Waals surface area contributed by atoms with Gasteiger partial charge in [-0.05, 0) is 24.7 Å². The Morgan fingerprint density at radius 2 is 1.81 bits per heavy atom. The second-order valence-electron chi connectivity index (χ2n) is 5.12. The molecule has 0 bridgehead atoms. The first kappa shape index (κ1) is 13.5. The van der Waals surface area contributed by atoms with Crippen LogP contribution in [0, 0.1) is 30.1 Å². The third kappa shape index (κ3) is 3.23. The lowest BCUT2D eigenvalue weighted by Gasteiger charge is -2.42. The van der Waals surface area contributed by atoms with Gasteiger partial charge in [0, 0.05) is 19.5 Å². The number of hydrogen-bond acceptors (Lipinski definition) is 2. The molecular formula is C14H25NO. The molecule has 0 aromatic heterocycles. The zero-order valence-corrected chi connectivity index (χ0v) is 11.0. The standard InChI is InChI=1S/C14H25NO/c1-6-7-8-15-9-14-12(4)10(2)11(3)13(5)16-14/h1,10-15H,7-9H2,2-5H3/t10-,11-,12?,13-,14-/m1/s1. The van der Waals surface area contributed by atoms with E-state index in [9.17, 15) is 0 Å². The quantitative estimate of drug-likeness (QED) is 0.583. The third-order valence-corrected chi connectivity index (χ3v) is 4.17. The maximum atomic E-state index is 6.05. The topological polar surface area (TPSA) is 21.3 Å². The molecule has 0 spiro atoms. The first-order chi connectivity index (χ1) is 7.57. The molecule has 1 aliphatic rings. The number of rotatable bonds is 4. The molecule has 0 amide bonds. The average Bonchev–Trinajstić information content (AvgIpc) is 2.28. The summed E-state index contributed by atoms with van der Waals surface area (Å²) in [5.41, 5.74) is 0. The molecule has 0 saturated carbocycles. The summed E-state index contributed by atoms with van der Waals surface area (Å²) < 4.78 is 6.05. The van der Waals surface area contributed by atoms with Gasteiger partial charge in [-0.1, -0.05) is 20.8 Å².